The van der Waals surface area contributed by atoms with Crippen molar-refractivity contribution >= 4 is 19.8 Å². The molecule has 0 aliphatic carbocycles. The Balaban J connectivity index is 4.25. The average Bonchev–Trinajstić information content (AvgIpc) is 3.42. The van der Waals surface area contributed by atoms with E-state index in [9.17, 15) is 19.0 Å². The van der Waals surface area contributed by atoms with Crippen molar-refractivity contribution in [2.45, 2.75) is 225 Å². The van der Waals surface area contributed by atoms with Gasteiger partial charge in [0.15, 0.2) is 6.10 Å². The van der Waals surface area contributed by atoms with Crippen molar-refractivity contribution in [1.29, 1.82) is 0 Å². The monoisotopic (exact) mass is 1130 g/mol. The maximum Gasteiger partial charge on any atom is 0.472 e. The van der Waals surface area contributed by atoms with Gasteiger partial charge in [-0.25, -0.2) is 4.57 Å². The first-order valence-corrected chi connectivity index (χ1v) is 32.7. The van der Waals surface area contributed by atoms with E-state index in [0.29, 0.717) is 17.4 Å². The lowest BCUT2D eigenvalue weighted by atomic mass is 10.0. The van der Waals surface area contributed by atoms with Crippen molar-refractivity contribution in [3.63, 3.8) is 0 Å². The van der Waals surface area contributed by atoms with Gasteiger partial charge in [-0.05, 0) is 122 Å². The lowest BCUT2D eigenvalue weighted by Gasteiger charge is -2.24. The molecular formula is C70H115NO8P+. The number of allylic oxidation sites excluding steroid dienone is 26. The molecule has 0 saturated heterocycles. The maximum absolute atomic E-state index is 12.8. The van der Waals surface area contributed by atoms with Crippen molar-refractivity contribution in [2.75, 3.05) is 47.5 Å². The van der Waals surface area contributed by atoms with Gasteiger partial charge in [-0.15, -0.1) is 0 Å². The molecule has 452 valence electrons. The summed E-state index contributed by atoms with van der Waals surface area (Å²) in [4.78, 5) is 35.8. The van der Waals surface area contributed by atoms with Crippen molar-refractivity contribution in [3.8, 4) is 0 Å². The minimum absolute atomic E-state index is 0.0140. The lowest BCUT2D eigenvalue weighted by Crippen LogP contribution is -2.37. The number of phosphoric acid groups is 1. The molecule has 0 aliphatic heterocycles. The fourth-order valence-electron chi connectivity index (χ4n) is 7.82. The molecule has 0 aromatic heterocycles. The fraction of sp³-hybridized carbons (Fsp3) is 0.600. The van der Waals surface area contributed by atoms with E-state index in [-0.39, 0.29) is 32.0 Å². The smallest absolute Gasteiger partial charge is 0.462 e. The number of carbonyl (C=O) groups excluding carboxylic acids is 2. The number of rotatable bonds is 55. The number of esters is 2. The van der Waals surface area contributed by atoms with Crippen molar-refractivity contribution in [2.24, 2.45) is 0 Å². The number of ether oxygens (including phenoxy) is 2. The number of likely N-dealkylation sites (N-methyl/N-ethyl adjacent to an activating group) is 1. The molecule has 1 N–H and O–H groups in total. The van der Waals surface area contributed by atoms with Crippen LogP contribution in [0.2, 0.25) is 0 Å². The summed E-state index contributed by atoms with van der Waals surface area (Å²) in [6, 6.07) is 0. The molecule has 0 heterocycles. The van der Waals surface area contributed by atoms with Crippen molar-refractivity contribution in [3.05, 3.63) is 158 Å². The highest BCUT2D eigenvalue weighted by molar-refractivity contribution is 7.47. The van der Waals surface area contributed by atoms with Gasteiger partial charge in [0, 0.05) is 12.8 Å². The second kappa shape index (κ2) is 59.3. The van der Waals surface area contributed by atoms with Crippen molar-refractivity contribution < 1.29 is 42.1 Å². The molecule has 10 heteroatoms. The van der Waals surface area contributed by atoms with Gasteiger partial charge in [0.2, 0.25) is 0 Å². The van der Waals surface area contributed by atoms with E-state index in [2.05, 4.69) is 172 Å². The zero-order chi connectivity index (χ0) is 58.4. The number of nitrogens with zero attached hydrogens (tertiary/aromatic N) is 1. The molecule has 0 rings (SSSR count). The Kier molecular flexibility index (Phi) is 56.0. The van der Waals surface area contributed by atoms with Crippen LogP contribution in [0, 0.1) is 0 Å². The number of quaternary nitrogens is 1. The van der Waals surface area contributed by atoms with Gasteiger partial charge in [0.1, 0.15) is 19.8 Å². The Labute approximate surface area is 490 Å². The molecule has 2 unspecified atom stereocenters. The maximum atomic E-state index is 12.8. The third kappa shape index (κ3) is 62.8. The molecule has 0 fully saturated rings. The fourth-order valence-corrected chi connectivity index (χ4v) is 8.56. The van der Waals surface area contributed by atoms with Crippen LogP contribution in [0.1, 0.15) is 219 Å². The molecule has 0 amide bonds. The summed E-state index contributed by atoms with van der Waals surface area (Å²) < 4.78 is 34.6. The minimum atomic E-state index is -4.41. The second-order valence-corrected chi connectivity index (χ2v) is 22.8. The molecule has 0 spiro atoms. The highest BCUT2D eigenvalue weighted by atomic mass is 31.2. The summed E-state index contributed by atoms with van der Waals surface area (Å²) in [5, 5.41) is 0. The van der Waals surface area contributed by atoms with Gasteiger partial charge in [-0.1, -0.05) is 242 Å². The van der Waals surface area contributed by atoms with Crippen LogP contribution in [0.15, 0.2) is 158 Å². The van der Waals surface area contributed by atoms with Crippen LogP contribution >= 0.6 is 7.82 Å². The Bertz CT molecular complexity index is 1900. The van der Waals surface area contributed by atoms with E-state index in [1.807, 2.05) is 21.1 Å². The summed E-state index contributed by atoms with van der Waals surface area (Å²) in [5.41, 5.74) is 0. The standard InChI is InChI=1S/C70H114NO8P/c1-6-8-10-12-14-16-18-20-22-24-26-28-30-32-34-35-37-38-40-42-44-46-48-50-52-54-56-58-60-62-69(72)76-66-68(67-78-80(74,75)77-65-64-71(3,4)5)79-70(73)63-61-59-57-55-53-51-49-47-45-43-41-39-36-33-31-29-27-25-23-21-19-17-15-13-11-9-7-2/h8-11,14-17,20-23,26-29,32-34,36,41,43,47,49,53,55,68H,6-7,12-13,18-19,24-25,30-31,35,37-40,42,44-46,48,50-52,54,56-67H2,1-5H3/p+1/b10-8-,11-9-,16-14-,17-15-,22-20-,23-21-,28-26-,29-27-,34-32-,36-33-,43-41-,49-47-,55-53-. The van der Waals surface area contributed by atoms with E-state index in [1.165, 1.54) is 64.2 Å². The summed E-state index contributed by atoms with van der Waals surface area (Å²) in [7, 11) is 1.42. The molecule has 0 aliphatic rings. The van der Waals surface area contributed by atoms with Gasteiger partial charge in [0.25, 0.3) is 0 Å². The SMILES string of the molecule is CC/C=C\C/C=C\C/C=C\C/C=C\C/C=C\C/C=C\C/C=C\C/C=C\CCCCC(=O)OC(COC(=O)CCCCCCCCCCCCCCC/C=C\C/C=C\C/C=C\C/C=C\C/C=C\CC)COP(=O)(O)OCC[N+](C)(C)C. The Morgan fingerprint density at radius 1 is 0.388 bits per heavy atom. The third-order valence-corrected chi connectivity index (χ3v) is 13.5. The Morgan fingerprint density at radius 2 is 0.675 bits per heavy atom. The van der Waals surface area contributed by atoms with Crippen LogP contribution in [0.3, 0.4) is 0 Å². The van der Waals surface area contributed by atoms with Crippen LogP contribution in [-0.4, -0.2) is 74.9 Å². The van der Waals surface area contributed by atoms with E-state index >= 15 is 0 Å². The zero-order valence-electron chi connectivity index (χ0n) is 51.2. The van der Waals surface area contributed by atoms with Crippen LogP contribution in [0.4, 0.5) is 0 Å². The molecule has 0 aromatic rings. The molecule has 0 bridgehead atoms. The third-order valence-electron chi connectivity index (χ3n) is 12.6. The average molecular weight is 1130 g/mol. The summed E-state index contributed by atoms with van der Waals surface area (Å²) in [6.07, 6.45) is 88.9. The van der Waals surface area contributed by atoms with Crippen LogP contribution in [0.5, 0.6) is 0 Å². The van der Waals surface area contributed by atoms with Gasteiger partial charge in [-0.2, -0.15) is 0 Å². The molecule has 80 heavy (non-hydrogen) atoms. The predicted octanol–water partition coefficient (Wildman–Crippen LogP) is 20.0. The molecule has 0 radical (unpaired) electrons. The number of hydrogen-bond acceptors (Lipinski definition) is 7. The van der Waals surface area contributed by atoms with Gasteiger partial charge in [0.05, 0.1) is 27.7 Å². The quantitative estimate of drug-likeness (QED) is 0.0211. The molecule has 0 saturated carbocycles. The van der Waals surface area contributed by atoms with Crippen LogP contribution in [-0.2, 0) is 32.7 Å². The van der Waals surface area contributed by atoms with Crippen LogP contribution in [0.25, 0.3) is 0 Å². The molecular weight excluding hydrogens is 1010 g/mol. The van der Waals surface area contributed by atoms with E-state index in [4.69, 9.17) is 18.5 Å². The summed E-state index contributed by atoms with van der Waals surface area (Å²) in [6.45, 7) is 4.14. The van der Waals surface area contributed by atoms with Gasteiger partial charge in [-0.3, -0.25) is 18.6 Å². The first-order valence-electron chi connectivity index (χ1n) is 31.2. The number of phosphoric ester groups is 1. The number of hydrogen-bond donors (Lipinski definition) is 1. The first-order chi connectivity index (χ1) is 39.0. The Hall–Kier alpha value is -4.37. The molecule has 9 nitrogen and oxygen atoms in total. The molecule has 0 aromatic carbocycles. The van der Waals surface area contributed by atoms with Crippen LogP contribution < -0.4 is 0 Å². The van der Waals surface area contributed by atoms with Gasteiger partial charge < -0.3 is 18.9 Å². The van der Waals surface area contributed by atoms with Gasteiger partial charge >= 0.3 is 19.8 Å². The predicted molar refractivity (Wildman–Crippen MR) is 343 cm³/mol. The zero-order valence-corrected chi connectivity index (χ0v) is 52.1. The lowest BCUT2D eigenvalue weighted by molar-refractivity contribution is -0.870. The molecule has 2 atom stereocenters. The van der Waals surface area contributed by atoms with E-state index < -0.39 is 26.5 Å². The Morgan fingerprint density at radius 3 is 1.02 bits per heavy atom. The van der Waals surface area contributed by atoms with Crippen molar-refractivity contribution in [1.82, 2.24) is 0 Å². The number of carbonyl (C=O) groups is 2. The highest BCUT2D eigenvalue weighted by Gasteiger charge is 2.27. The minimum Gasteiger partial charge on any atom is -0.462 e. The topological polar surface area (TPSA) is 108 Å². The second-order valence-electron chi connectivity index (χ2n) is 21.3. The largest absolute Gasteiger partial charge is 0.472 e. The summed E-state index contributed by atoms with van der Waals surface area (Å²) in [5.74, 6) is -0.861. The highest BCUT2D eigenvalue weighted by Crippen LogP contribution is 2.43. The normalized spacial score (nSPS) is 14.3. The summed E-state index contributed by atoms with van der Waals surface area (Å²) >= 11 is 0. The first kappa shape index (κ1) is 75.6. The van der Waals surface area contributed by atoms with E-state index in [1.54, 1.807) is 0 Å². The number of unbranched alkanes of at least 4 members (excludes halogenated alkanes) is 15. The van der Waals surface area contributed by atoms with E-state index in [0.717, 1.165) is 122 Å².